The number of guanidine groups is 1. The lowest BCUT2D eigenvalue weighted by molar-refractivity contribution is 0.173. The van der Waals surface area contributed by atoms with E-state index in [4.69, 9.17) is 15.2 Å². The van der Waals surface area contributed by atoms with Gasteiger partial charge in [0, 0.05) is 5.69 Å². The Morgan fingerprint density at radius 3 is 2.58 bits per heavy atom. The molecule has 1 aliphatic heterocycles. The van der Waals surface area contributed by atoms with Crippen molar-refractivity contribution in [3.63, 3.8) is 0 Å². The molecule has 0 spiro atoms. The summed E-state index contributed by atoms with van der Waals surface area (Å²) in [5.41, 5.74) is 10.3. The third kappa shape index (κ3) is 4.54. The number of hydrogen-bond donors (Lipinski definition) is 2. The van der Waals surface area contributed by atoms with Crippen LogP contribution in [-0.4, -0.2) is 12.8 Å². The lowest BCUT2D eigenvalue weighted by atomic mass is 10.1. The maximum absolute atomic E-state index is 5.98. The van der Waals surface area contributed by atoms with Crippen LogP contribution in [0.5, 0.6) is 11.5 Å². The van der Waals surface area contributed by atoms with E-state index in [1.807, 2.05) is 24.3 Å². The van der Waals surface area contributed by atoms with Gasteiger partial charge in [-0.2, -0.15) is 0 Å². The molecule has 0 fully saturated rings. The molecular weight excluding hydrogens is 485 g/mol. The van der Waals surface area contributed by atoms with E-state index >= 15 is 0 Å². The summed E-state index contributed by atoms with van der Waals surface area (Å²) >= 11 is 3.47. The highest BCUT2D eigenvalue weighted by molar-refractivity contribution is 14.0. The van der Waals surface area contributed by atoms with Crippen molar-refractivity contribution in [1.29, 1.82) is 0 Å². The number of fused-ring (bicyclic) bond motifs is 1. The van der Waals surface area contributed by atoms with E-state index in [-0.39, 0.29) is 30.8 Å². The van der Waals surface area contributed by atoms with Gasteiger partial charge in [0.2, 0.25) is 6.79 Å². The fraction of sp³-hybridized carbons (Fsp3) is 0.235. The van der Waals surface area contributed by atoms with Gasteiger partial charge in [0.25, 0.3) is 0 Å². The fourth-order valence-corrected chi connectivity index (χ4v) is 3.13. The number of benzene rings is 2. The fourth-order valence-electron chi connectivity index (χ4n) is 2.52. The molecule has 0 atom stereocenters. The number of rotatable bonds is 3. The Bertz CT molecular complexity index is 760. The van der Waals surface area contributed by atoms with Crippen molar-refractivity contribution in [3.8, 4) is 11.5 Å². The maximum atomic E-state index is 5.98. The smallest absolute Gasteiger partial charge is 0.231 e. The molecule has 1 heterocycles. The second-order valence-corrected chi connectivity index (χ2v) is 6.37. The normalized spacial score (nSPS) is 12.7. The van der Waals surface area contributed by atoms with Gasteiger partial charge >= 0.3 is 0 Å². The lowest BCUT2D eigenvalue weighted by Crippen LogP contribution is -2.22. The standard InChI is InChI=1S/C17H18BrN3O2.HI/c1-10-3-11(2)5-13(4-10)21-17(19)20-8-12-6-14(18)16-15(7-12)22-9-23-16;/h3-7H,8-9H2,1-2H3,(H3,19,20,21);1H. The number of ether oxygens (including phenoxy) is 2. The Morgan fingerprint density at radius 2 is 1.88 bits per heavy atom. The van der Waals surface area contributed by atoms with Gasteiger partial charge in [-0.25, -0.2) is 4.99 Å². The minimum atomic E-state index is 0. The summed E-state index contributed by atoms with van der Waals surface area (Å²) in [5.74, 6) is 1.84. The van der Waals surface area contributed by atoms with E-state index in [0.29, 0.717) is 12.5 Å². The predicted molar refractivity (Wildman–Crippen MR) is 111 cm³/mol. The number of anilines is 1. The number of aliphatic imine (C=N–C) groups is 1. The van der Waals surface area contributed by atoms with Crippen LogP contribution in [0.15, 0.2) is 39.8 Å². The Hall–Kier alpha value is -1.48. The Morgan fingerprint density at radius 1 is 1.17 bits per heavy atom. The zero-order chi connectivity index (χ0) is 16.4. The molecule has 0 amide bonds. The van der Waals surface area contributed by atoms with E-state index in [9.17, 15) is 0 Å². The number of halogens is 2. The summed E-state index contributed by atoms with van der Waals surface area (Å²) in [6.45, 7) is 4.81. The minimum absolute atomic E-state index is 0. The van der Waals surface area contributed by atoms with Crippen LogP contribution in [-0.2, 0) is 6.54 Å². The van der Waals surface area contributed by atoms with Gasteiger partial charge in [-0.15, -0.1) is 24.0 Å². The van der Waals surface area contributed by atoms with Crippen LogP contribution in [0.25, 0.3) is 0 Å². The van der Waals surface area contributed by atoms with Crippen LogP contribution in [0, 0.1) is 13.8 Å². The first-order valence-corrected chi connectivity index (χ1v) is 8.04. The number of aryl methyl sites for hydroxylation is 2. The van der Waals surface area contributed by atoms with Crippen LogP contribution in [0.3, 0.4) is 0 Å². The third-order valence-corrected chi connectivity index (χ3v) is 4.00. The molecule has 24 heavy (non-hydrogen) atoms. The lowest BCUT2D eigenvalue weighted by Gasteiger charge is -2.08. The van der Waals surface area contributed by atoms with Gasteiger partial charge in [-0.05, 0) is 70.7 Å². The first-order valence-electron chi connectivity index (χ1n) is 7.24. The molecule has 2 aromatic carbocycles. The molecule has 0 saturated heterocycles. The average Bonchev–Trinajstić information content (AvgIpc) is 2.93. The van der Waals surface area contributed by atoms with Crippen molar-refractivity contribution in [2.45, 2.75) is 20.4 Å². The zero-order valence-electron chi connectivity index (χ0n) is 13.4. The highest BCUT2D eigenvalue weighted by Crippen LogP contribution is 2.40. The second kappa shape index (κ2) is 8.06. The Kier molecular flexibility index (Phi) is 6.34. The average molecular weight is 504 g/mol. The van der Waals surface area contributed by atoms with Crippen molar-refractivity contribution in [1.82, 2.24) is 0 Å². The van der Waals surface area contributed by atoms with E-state index in [2.05, 4.69) is 46.2 Å². The first kappa shape index (κ1) is 18.9. The highest BCUT2D eigenvalue weighted by atomic mass is 127. The second-order valence-electron chi connectivity index (χ2n) is 5.51. The van der Waals surface area contributed by atoms with Crippen molar-refractivity contribution < 1.29 is 9.47 Å². The monoisotopic (exact) mass is 503 g/mol. The van der Waals surface area contributed by atoms with Gasteiger partial charge < -0.3 is 20.5 Å². The molecule has 0 aromatic heterocycles. The predicted octanol–water partition coefficient (Wildman–Crippen LogP) is 4.34. The SMILES string of the molecule is Cc1cc(C)cc(NC(N)=NCc2cc(Br)c3c(c2)OCO3)c1.I. The van der Waals surface area contributed by atoms with E-state index in [1.54, 1.807) is 0 Å². The Labute approximate surface area is 166 Å². The first-order chi connectivity index (χ1) is 11.0. The van der Waals surface area contributed by atoms with E-state index in [0.717, 1.165) is 27.2 Å². The summed E-state index contributed by atoms with van der Waals surface area (Å²) in [6.07, 6.45) is 0. The minimum Gasteiger partial charge on any atom is -0.454 e. The van der Waals surface area contributed by atoms with Gasteiger partial charge in [-0.3, -0.25) is 0 Å². The number of hydrogen-bond acceptors (Lipinski definition) is 3. The number of nitrogens with zero attached hydrogens (tertiary/aromatic N) is 1. The van der Waals surface area contributed by atoms with Gasteiger partial charge in [0.15, 0.2) is 17.5 Å². The molecule has 0 radical (unpaired) electrons. The molecule has 0 bridgehead atoms. The van der Waals surface area contributed by atoms with Gasteiger partial charge in [0.05, 0.1) is 11.0 Å². The maximum Gasteiger partial charge on any atom is 0.231 e. The van der Waals surface area contributed by atoms with Gasteiger partial charge in [-0.1, -0.05) is 6.07 Å². The van der Waals surface area contributed by atoms with Crippen LogP contribution < -0.4 is 20.5 Å². The quantitative estimate of drug-likeness (QED) is 0.371. The third-order valence-electron chi connectivity index (χ3n) is 3.41. The molecule has 0 aliphatic carbocycles. The molecule has 1 aliphatic rings. The molecule has 3 N–H and O–H groups in total. The molecular formula is C17H19BrIN3O2. The largest absolute Gasteiger partial charge is 0.454 e. The summed E-state index contributed by atoms with van der Waals surface area (Å²) in [4.78, 5) is 4.38. The van der Waals surface area contributed by atoms with Crippen molar-refractivity contribution in [3.05, 3.63) is 51.5 Å². The zero-order valence-corrected chi connectivity index (χ0v) is 17.3. The molecule has 0 saturated carbocycles. The summed E-state index contributed by atoms with van der Waals surface area (Å²) in [6, 6.07) is 10.1. The van der Waals surface area contributed by atoms with Crippen molar-refractivity contribution in [2.24, 2.45) is 10.7 Å². The van der Waals surface area contributed by atoms with Crippen molar-refractivity contribution in [2.75, 3.05) is 12.1 Å². The van der Waals surface area contributed by atoms with Crippen LogP contribution >= 0.6 is 39.9 Å². The van der Waals surface area contributed by atoms with Crippen molar-refractivity contribution >= 4 is 51.6 Å². The number of nitrogens with one attached hydrogen (secondary N) is 1. The van der Waals surface area contributed by atoms with Gasteiger partial charge in [0.1, 0.15) is 0 Å². The summed E-state index contributed by atoms with van der Waals surface area (Å²) in [5, 5.41) is 3.12. The Balaban J connectivity index is 0.00000208. The molecule has 2 aromatic rings. The number of nitrogens with two attached hydrogens (primary N) is 1. The molecule has 128 valence electrons. The molecule has 5 nitrogen and oxygen atoms in total. The summed E-state index contributed by atoms with van der Waals surface area (Å²) in [7, 11) is 0. The topological polar surface area (TPSA) is 68.9 Å². The van der Waals surface area contributed by atoms with Crippen LogP contribution in [0.2, 0.25) is 0 Å². The summed E-state index contributed by atoms with van der Waals surface area (Å²) < 4.78 is 11.6. The molecule has 0 unspecified atom stereocenters. The van der Waals surface area contributed by atoms with E-state index in [1.165, 1.54) is 11.1 Å². The molecule has 7 heteroatoms. The molecule has 3 rings (SSSR count). The van der Waals surface area contributed by atoms with E-state index < -0.39 is 0 Å². The highest BCUT2D eigenvalue weighted by Gasteiger charge is 2.17. The van der Waals surface area contributed by atoms with Crippen LogP contribution in [0.1, 0.15) is 16.7 Å². The van der Waals surface area contributed by atoms with Crippen LogP contribution in [0.4, 0.5) is 5.69 Å².